The van der Waals surface area contributed by atoms with Gasteiger partial charge in [-0.1, -0.05) is 12.5 Å². The molecule has 2 unspecified atom stereocenters. The average Bonchev–Trinajstić information content (AvgIpc) is 2.74. The number of rotatable bonds is 2. The number of aromatic nitrogens is 2. The standard InChI is InChI=1S/C15H21N3S/c1-10-6-7-13-14(8-10)18(15(16)17-13)11-4-3-5-12(9-11)19-2/h6-8,11-12H,3-5,9H2,1-2H3,(H2,16,17). The molecule has 19 heavy (non-hydrogen) atoms. The van der Waals surface area contributed by atoms with Crippen LogP contribution in [0.2, 0.25) is 0 Å². The normalized spacial score (nSPS) is 23.9. The second kappa shape index (κ2) is 5.08. The summed E-state index contributed by atoms with van der Waals surface area (Å²) in [4.78, 5) is 4.51. The smallest absolute Gasteiger partial charge is 0.201 e. The number of nitrogens with two attached hydrogens (primary N) is 1. The first-order valence-electron chi connectivity index (χ1n) is 6.96. The fraction of sp³-hybridized carbons (Fsp3) is 0.533. The van der Waals surface area contributed by atoms with Gasteiger partial charge in [-0.15, -0.1) is 0 Å². The SMILES string of the molecule is CSC1CCCC(n2c(N)nc3ccc(C)cc32)C1. The van der Waals surface area contributed by atoms with Gasteiger partial charge < -0.3 is 10.3 Å². The van der Waals surface area contributed by atoms with E-state index >= 15 is 0 Å². The van der Waals surface area contributed by atoms with Gasteiger partial charge in [-0.25, -0.2) is 4.98 Å². The molecule has 1 aromatic heterocycles. The molecule has 0 saturated heterocycles. The fourth-order valence-corrected chi connectivity index (χ4v) is 3.99. The maximum Gasteiger partial charge on any atom is 0.201 e. The maximum atomic E-state index is 6.17. The van der Waals surface area contributed by atoms with Crippen LogP contribution in [0.1, 0.15) is 37.3 Å². The molecule has 0 bridgehead atoms. The average molecular weight is 275 g/mol. The Morgan fingerprint density at radius 1 is 1.37 bits per heavy atom. The number of fused-ring (bicyclic) bond motifs is 1. The zero-order chi connectivity index (χ0) is 13.4. The van der Waals surface area contributed by atoms with Crippen molar-refractivity contribution in [2.24, 2.45) is 0 Å². The Hall–Kier alpha value is -1.16. The minimum absolute atomic E-state index is 0.512. The third-order valence-corrected chi connectivity index (χ3v) is 5.26. The van der Waals surface area contributed by atoms with Gasteiger partial charge in [-0.05, 0) is 50.1 Å². The Morgan fingerprint density at radius 2 is 2.21 bits per heavy atom. The van der Waals surface area contributed by atoms with E-state index in [1.54, 1.807) is 0 Å². The van der Waals surface area contributed by atoms with E-state index < -0.39 is 0 Å². The molecule has 1 aliphatic carbocycles. The largest absolute Gasteiger partial charge is 0.369 e. The van der Waals surface area contributed by atoms with E-state index in [-0.39, 0.29) is 0 Å². The summed E-state index contributed by atoms with van der Waals surface area (Å²) in [5.74, 6) is 0.673. The second-order valence-electron chi connectivity index (χ2n) is 5.51. The van der Waals surface area contributed by atoms with Crippen LogP contribution in [-0.2, 0) is 0 Å². The van der Waals surface area contributed by atoms with Crippen molar-refractivity contribution in [1.29, 1.82) is 0 Å². The van der Waals surface area contributed by atoms with Gasteiger partial charge in [-0.3, -0.25) is 0 Å². The van der Waals surface area contributed by atoms with Gasteiger partial charge in [0.2, 0.25) is 5.95 Å². The number of thioether (sulfide) groups is 1. The molecule has 3 rings (SSSR count). The van der Waals surface area contributed by atoms with Crippen molar-refractivity contribution in [2.45, 2.75) is 43.9 Å². The number of aryl methyl sites for hydroxylation is 1. The zero-order valence-corrected chi connectivity index (χ0v) is 12.4. The predicted octanol–water partition coefficient (Wildman–Crippen LogP) is 3.77. The van der Waals surface area contributed by atoms with Gasteiger partial charge in [0.1, 0.15) is 0 Å². The molecular formula is C15H21N3S. The van der Waals surface area contributed by atoms with Gasteiger partial charge in [0.05, 0.1) is 11.0 Å². The highest BCUT2D eigenvalue weighted by Gasteiger charge is 2.25. The van der Waals surface area contributed by atoms with Crippen LogP contribution in [0.4, 0.5) is 5.95 Å². The summed E-state index contributed by atoms with van der Waals surface area (Å²) in [6.45, 7) is 2.12. The Labute approximate surface area is 118 Å². The minimum atomic E-state index is 0.512. The van der Waals surface area contributed by atoms with Crippen LogP contribution in [0.25, 0.3) is 11.0 Å². The number of hydrogen-bond donors (Lipinski definition) is 1. The van der Waals surface area contributed by atoms with Gasteiger partial charge >= 0.3 is 0 Å². The lowest BCUT2D eigenvalue weighted by atomic mass is 9.94. The van der Waals surface area contributed by atoms with Crippen molar-refractivity contribution in [2.75, 3.05) is 12.0 Å². The lowest BCUT2D eigenvalue weighted by molar-refractivity contribution is 0.371. The topological polar surface area (TPSA) is 43.8 Å². The van der Waals surface area contributed by atoms with Crippen LogP contribution in [-0.4, -0.2) is 21.1 Å². The van der Waals surface area contributed by atoms with Crippen molar-refractivity contribution >= 4 is 28.7 Å². The zero-order valence-electron chi connectivity index (χ0n) is 11.6. The summed E-state index contributed by atoms with van der Waals surface area (Å²) >= 11 is 1.99. The van der Waals surface area contributed by atoms with Gasteiger partial charge in [0, 0.05) is 11.3 Å². The molecule has 1 fully saturated rings. The summed E-state index contributed by atoms with van der Waals surface area (Å²) in [5.41, 5.74) is 9.66. The highest BCUT2D eigenvalue weighted by atomic mass is 32.2. The van der Waals surface area contributed by atoms with E-state index in [1.165, 1.54) is 36.8 Å². The molecule has 4 heteroatoms. The van der Waals surface area contributed by atoms with Crippen molar-refractivity contribution in [3.63, 3.8) is 0 Å². The van der Waals surface area contributed by atoms with Crippen LogP contribution in [0.5, 0.6) is 0 Å². The van der Waals surface area contributed by atoms with E-state index in [4.69, 9.17) is 5.73 Å². The summed E-state index contributed by atoms with van der Waals surface area (Å²) < 4.78 is 2.27. The maximum absolute atomic E-state index is 6.17. The molecule has 3 nitrogen and oxygen atoms in total. The molecule has 0 aliphatic heterocycles. The molecule has 102 valence electrons. The van der Waals surface area contributed by atoms with Crippen LogP contribution < -0.4 is 5.73 Å². The molecule has 2 aromatic rings. The van der Waals surface area contributed by atoms with Crippen LogP contribution in [0, 0.1) is 6.92 Å². The summed E-state index contributed by atoms with van der Waals surface area (Å²) in [5, 5.41) is 0.764. The summed E-state index contributed by atoms with van der Waals surface area (Å²) in [6.07, 6.45) is 7.28. The monoisotopic (exact) mass is 275 g/mol. The first-order chi connectivity index (χ1) is 9.19. The molecule has 1 saturated carbocycles. The molecule has 2 N–H and O–H groups in total. The van der Waals surface area contributed by atoms with Crippen molar-refractivity contribution in [1.82, 2.24) is 9.55 Å². The van der Waals surface area contributed by atoms with Gasteiger partial charge in [0.15, 0.2) is 0 Å². The molecule has 1 aromatic carbocycles. The van der Waals surface area contributed by atoms with Gasteiger partial charge in [-0.2, -0.15) is 11.8 Å². The van der Waals surface area contributed by atoms with Crippen molar-refractivity contribution < 1.29 is 0 Å². The summed E-state index contributed by atoms with van der Waals surface area (Å²) in [6, 6.07) is 6.90. The molecule has 2 atom stereocenters. The van der Waals surface area contributed by atoms with E-state index in [0.717, 1.165) is 10.8 Å². The van der Waals surface area contributed by atoms with E-state index in [2.05, 4.69) is 40.9 Å². The predicted molar refractivity (Wildman–Crippen MR) is 83.7 cm³/mol. The quantitative estimate of drug-likeness (QED) is 0.907. The van der Waals surface area contributed by atoms with E-state index in [0.29, 0.717) is 12.0 Å². The Balaban J connectivity index is 2.03. The Morgan fingerprint density at radius 3 is 3.00 bits per heavy atom. The number of anilines is 1. The first kappa shape index (κ1) is 12.9. The highest BCUT2D eigenvalue weighted by molar-refractivity contribution is 7.99. The minimum Gasteiger partial charge on any atom is -0.369 e. The Bertz CT molecular complexity index is 590. The Kier molecular flexibility index (Phi) is 3.44. The molecule has 0 radical (unpaired) electrons. The lowest BCUT2D eigenvalue weighted by Gasteiger charge is -2.30. The van der Waals surface area contributed by atoms with Crippen molar-refractivity contribution in [3.05, 3.63) is 23.8 Å². The number of nitrogens with zero attached hydrogens (tertiary/aromatic N) is 2. The second-order valence-corrected chi connectivity index (χ2v) is 6.65. The third-order valence-electron chi connectivity index (χ3n) is 4.17. The van der Waals surface area contributed by atoms with Crippen LogP contribution in [0.15, 0.2) is 18.2 Å². The van der Waals surface area contributed by atoms with E-state index in [9.17, 15) is 0 Å². The molecule has 1 aliphatic rings. The van der Waals surface area contributed by atoms with Crippen LogP contribution in [0.3, 0.4) is 0 Å². The molecule has 0 spiro atoms. The van der Waals surface area contributed by atoms with Gasteiger partial charge in [0.25, 0.3) is 0 Å². The molecule has 0 amide bonds. The number of nitrogen functional groups attached to an aromatic ring is 1. The number of benzene rings is 1. The first-order valence-corrected chi connectivity index (χ1v) is 8.24. The summed E-state index contributed by atoms with van der Waals surface area (Å²) in [7, 11) is 0. The van der Waals surface area contributed by atoms with E-state index in [1.807, 2.05) is 11.8 Å². The fourth-order valence-electron chi connectivity index (χ4n) is 3.17. The van der Waals surface area contributed by atoms with Crippen molar-refractivity contribution in [3.8, 4) is 0 Å². The number of imidazole rings is 1. The molecular weight excluding hydrogens is 254 g/mol. The number of hydrogen-bond acceptors (Lipinski definition) is 3. The molecule has 1 heterocycles. The lowest BCUT2D eigenvalue weighted by Crippen LogP contribution is -2.21. The highest BCUT2D eigenvalue weighted by Crippen LogP contribution is 2.37. The third kappa shape index (κ3) is 2.34. The van der Waals surface area contributed by atoms with Crippen LogP contribution >= 0.6 is 11.8 Å².